The van der Waals surface area contributed by atoms with Crippen molar-refractivity contribution in [2.24, 2.45) is 5.92 Å². The topological polar surface area (TPSA) is 50.8 Å². The van der Waals surface area contributed by atoms with E-state index >= 15 is 0 Å². The standard InChI is InChI=1S/C16H22N2O3/c1-9(2)15-16(19)18(10(3)4)12-8-14-13(7-11(12)17-15)20-5-6-21-14/h7-10,15,17H,5-6H2,1-4H3. The molecule has 3 rings (SSSR count). The zero-order chi connectivity index (χ0) is 15.1. The Hall–Kier alpha value is -1.91. The normalized spacial score (nSPS) is 20.6. The molecule has 0 fully saturated rings. The smallest absolute Gasteiger partial charge is 0.250 e. The molecular formula is C16H22N2O3. The van der Waals surface area contributed by atoms with Gasteiger partial charge in [-0.1, -0.05) is 13.8 Å². The number of nitrogens with zero attached hydrogens (tertiary/aromatic N) is 1. The fraction of sp³-hybridized carbons (Fsp3) is 0.562. The Bertz CT molecular complexity index is 569. The molecule has 0 aromatic heterocycles. The number of hydrogen-bond acceptors (Lipinski definition) is 4. The molecule has 2 aliphatic heterocycles. The minimum atomic E-state index is -0.206. The van der Waals surface area contributed by atoms with Crippen molar-refractivity contribution in [2.45, 2.75) is 39.8 Å². The maximum absolute atomic E-state index is 12.7. The van der Waals surface area contributed by atoms with Crippen LogP contribution in [0.15, 0.2) is 12.1 Å². The number of fused-ring (bicyclic) bond motifs is 2. The summed E-state index contributed by atoms with van der Waals surface area (Å²) in [7, 11) is 0. The molecule has 1 atom stereocenters. The van der Waals surface area contributed by atoms with Crippen LogP contribution in [0.4, 0.5) is 11.4 Å². The van der Waals surface area contributed by atoms with Gasteiger partial charge in [-0.3, -0.25) is 4.79 Å². The molecule has 0 radical (unpaired) electrons. The van der Waals surface area contributed by atoms with Crippen LogP contribution in [0.3, 0.4) is 0 Å². The molecule has 114 valence electrons. The first kappa shape index (κ1) is 14.0. The van der Waals surface area contributed by atoms with Gasteiger partial charge in [0.15, 0.2) is 11.5 Å². The van der Waals surface area contributed by atoms with Crippen LogP contribution >= 0.6 is 0 Å². The number of benzene rings is 1. The van der Waals surface area contributed by atoms with Crippen LogP contribution in [-0.4, -0.2) is 31.2 Å². The summed E-state index contributed by atoms with van der Waals surface area (Å²) in [6.07, 6.45) is 0. The van der Waals surface area contributed by atoms with Crippen LogP contribution < -0.4 is 19.7 Å². The van der Waals surface area contributed by atoms with Crippen LogP contribution in [0.5, 0.6) is 11.5 Å². The second-order valence-electron chi connectivity index (χ2n) is 6.18. The molecule has 5 heteroatoms. The number of amides is 1. The first-order valence-corrected chi connectivity index (χ1v) is 7.52. The molecule has 1 aromatic rings. The highest BCUT2D eigenvalue weighted by Gasteiger charge is 2.36. The first-order valence-electron chi connectivity index (χ1n) is 7.52. The van der Waals surface area contributed by atoms with Gasteiger partial charge in [0.25, 0.3) is 0 Å². The van der Waals surface area contributed by atoms with Crippen molar-refractivity contribution in [3.8, 4) is 11.5 Å². The van der Waals surface area contributed by atoms with E-state index in [1.54, 1.807) is 0 Å². The predicted molar refractivity (Wildman–Crippen MR) is 82.3 cm³/mol. The molecule has 1 aromatic carbocycles. The number of ether oxygens (including phenoxy) is 2. The van der Waals surface area contributed by atoms with Crippen molar-refractivity contribution in [1.82, 2.24) is 0 Å². The maximum atomic E-state index is 12.7. The zero-order valence-electron chi connectivity index (χ0n) is 13.0. The third-order valence-electron chi connectivity index (χ3n) is 3.92. The molecule has 21 heavy (non-hydrogen) atoms. The summed E-state index contributed by atoms with van der Waals surface area (Å²) in [4.78, 5) is 14.6. The Morgan fingerprint density at radius 2 is 1.76 bits per heavy atom. The zero-order valence-corrected chi connectivity index (χ0v) is 13.0. The van der Waals surface area contributed by atoms with E-state index in [1.807, 2.05) is 30.9 Å². The summed E-state index contributed by atoms with van der Waals surface area (Å²) in [5.74, 6) is 1.79. The highest BCUT2D eigenvalue weighted by molar-refractivity contribution is 6.06. The highest BCUT2D eigenvalue weighted by Crippen LogP contribution is 2.43. The number of anilines is 2. The van der Waals surface area contributed by atoms with Gasteiger partial charge in [0, 0.05) is 18.2 Å². The van der Waals surface area contributed by atoms with Crippen LogP contribution in [0.25, 0.3) is 0 Å². The fourth-order valence-electron chi connectivity index (χ4n) is 2.88. The molecule has 2 aliphatic rings. The van der Waals surface area contributed by atoms with Crippen molar-refractivity contribution < 1.29 is 14.3 Å². The van der Waals surface area contributed by atoms with Gasteiger partial charge >= 0.3 is 0 Å². The first-order chi connectivity index (χ1) is 9.99. The lowest BCUT2D eigenvalue weighted by Crippen LogP contribution is -2.52. The van der Waals surface area contributed by atoms with E-state index in [4.69, 9.17) is 9.47 Å². The van der Waals surface area contributed by atoms with Crippen molar-refractivity contribution >= 4 is 17.3 Å². The largest absolute Gasteiger partial charge is 0.486 e. The molecule has 0 saturated heterocycles. The van der Waals surface area contributed by atoms with Crippen molar-refractivity contribution in [3.63, 3.8) is 0 Å². The van der Waals surface area contributed by atoms with E-state index in [-0.39, 0.29) is 23.9 Å². The van der Waals surface area contributed by atoms with Gasteiger partial charge in [0.05, 0.1) is 11.4 Å². The number of rotatable bonds is 2. The molecule has 0 aliphatic carbocycles. The minimum Gasteiger partial charge on any atom is -0.486 e. The lowest BCUT2D eigenvalue weighted by molar-refractivity contribution is -0.120. The lowest BCUT2D eigenvalue weighted by Gasteiger charge is -2.39. The average Bonchev–Trinajstić information content (AvgIpc) is 2.43. The van der Waals surface area contributed by atoms with Crippen LogP contribution in [-0.2, 0) is 4.79 Å². The highest BCUT2D eigenvalue weighted by atomic mass is 16.6. The molecule has 0 spiro atoms. The summed E-state index contributed by atoms with van der Waals surface area (Å²) < 4.78 is 11.3. The van der Waals surface area contributed by atoms with E-state index in [2.05, 4.69) is 19.2 Å². The van der Waals surface area contributed by atoms with Gasteiger partial charge in [-0.05, 0) is 19.8 Å². The Morgan fingerprint density at radius 3 is 2.33 bits per heavy atom. The lowest BCUT2D eigenvalue weighted by atomic mass is 9.97. The third kappa shape index (κ3) is 2.30. The third-order valence-corrected chi connectivity index (χ3v) is 3.92. The predicted octanol–water partition coefficient (Wildman–Crippen LogP) is 2.65. The summed E-state index contributed by atoms with van der Waals surface area (Å²) in [6.45, 7) is 9.27. The molecule has 2 heterocycles. The quantitative estimate of drug-likeness (QED) is 0.909. The summed E-state index contributed by atoms with van der Waals surface area (Å²) in [5.41, 5.74) is 1.81. The second-order valence-corrected chi connectivity index (χ2v) is 6.18. The van der Waals surface area contributed by atoms with Crippen LogP contribution in [0.1, 0.15) is 27.7 Å². The monoisotopic (exact) mass is 290 g/mol. The van der Waals surface area contributed by atoms with Gasteiger partial charge in [-0.25, -0.2) is 0 Å². The Morgan fingerprint density at radius 1 is 1.14 bits per heavy atom. The molecular weight excluding hydrogens is 268 g/mol. The fourth-order valence-corrected chi connectivity index (χ4v) is 2.88. The number of hydrogen-bond donors (Lipinski definition) is 1. The van der Waals surface area contributed by atoms with Crippen LogP contribution in [0, 0.1) is 5.92 Å². The summed E-state index contributed by atoms with van der Waals surface area (Å²) in [5, 5.41) is 3.35. The van der Waals surface area contributed by atoms with Crippen LogP contribution in [0.2, 0.25) is 0 Å². The van der Waals surface area contributed by atoms with E-state index in [9.17, 15) is 4.79 Å². The molecule has 1 unspecified atom stereocenters. The number of nitrogens with one attached hydrogen (secondary N) is 1. The Kier molecular flexibility index (Phi) is 3.43. The number of carbonyl (C=O) groups is 1. The van der Waals surface area contributed by atoms with Crippen molar-refractivity contribution in [2.75, 3.05) is 23.4 Å². The minimum absolute atomic E-state index is 0.0992. The van der Waals surface area contributed by atoms with E-state index in [1.165, 1.54) is 0 Å². The molecule has 0 saturated carbocycles. The summed E-state index contributed by atoms with van der Waals surface area (Å²) in [6, 6.07) is 3.75. The van der Waals surface area contributed by atoms with Gasteiger partial charge in [-0.15, -0.1) is 0 Å². The SMILES string of the molecule is CC(C)C1Nc2cc3c(cc2N(C(C)C)C1=O)OCCO3. The van der Waals surface area contributed by atoms with Gasteiger partial charge in [0.1, 0.15) is 19.3 Å². The second kappa shape index (κ2) is 5.13. The Balaban J connectivity index is 2.09. The van der Waals surface area contributed by atoms with Gasteiger partial charge in [-0.2, -0.15) is 0 Å². The molecule has 0 bridgehead atoms. The van der Waals surface area contributed by atoms with Gasteiger partial charge < -0.3 is 19.7 Å². The molecule has 1 amide bonds. The van der Waals surface area contributed by atoms with E-state index < -0.39 is 0 Å². The Labute approximate surface area is 125 Å². The summed E-state index contributed by atoms with van der Waals surface area (Å²) >= 11 is 0. The van der Waals surface area contributed by atoms with Crippen molar-refractivity contribution in [1.29, 1.82) is 0 Å². The average molecular weight is 290 g/mol. The molecule has 5 nitrogen and oxygen atoms in total. The van der Waals surface area contributed by atoms with E-state index in [0.29, 0.717) is 19.0 Å². The maximum Gasteiger partial charge on any atom is 0.250 e. The van der Waals surface area contributed by atoms with Gasteiger partial charge in [0.2, 0.25) is 5.91 Å². The van der Waals surface area contributed by atoms with Crippen molar-refractivity contribution in [3.05, 3.63) is 12.1 Å². The number of carbonyl (C=O) groups excluding carboxylic acids is 1. The van der Waals surface area contributed by atoms with E-state index in [0.717, 1.165) is 17.1 Å². The molecule has 1 N–H and O–H groups in total.